The number of para-hydroxylation sites is 1. The number of nitrogens with zero attached hydrogens (tertiary/aromatic N) is 2. The van der Waals surface area contributed by atoms with Crippen LogP contribution in [0.1, 0.15) is 97.3 Å². The number of likely N-dealkylation sites (N-methyl/N-ethyl adjacent to an activating group) is 1. The van der Waals surface area contributed by atoms with E-state index in [1.807, 2.05) is 41.5 Å². The van der Waals surface area contributed by atoms with Crippen molar-refractivity contribution in [2.24, 2.45) is 17.8 Å². The number of hydrogen-bond donors (Lipinski definition) is 4. The van der Waals surface area contributed by atoms with Crippen molar-refractivity contribution in [3.63, 3.8) is 0 Å². The van der Waals surface area contributed by atoms with E-state index in [1.54, 1.807) is 31.3 Å². The Balaban J connectivity index is 2.13. The zero-order valence-corrected chi connectivity index (χ0v) is 29.2. The molecule has 0 radical (unpaired) electrons. The summed E-state index contributed by atoms with van der Waals surface area (Å²) in [6.07, 6.45) is 3.08. The monoisotopic (exact) mass is 654 g/mol. The van der Waals surface area contributed by atoms with E-state index in [-0.39, 0.29) is 34.9 Å². The summed E-state index contributed by atoms with van der Waals surface area (Å²) in [5.41, 5.74) is 0.497. The molecule has 12 heteroatoms. The van der Waals surface area contributed by atoms with Gasteiger partial charge in [-0.15, -0.1) is 0 Å². The minimum absolute atomic E-state index is 0.0277. The first-order chi connectivity index (χ1) is 22.2. The summed E-state index contributed by atoms with van der Waals surface area (Å²) in [7, 11) is 1.56. The number of rotatable bonds is 6. The minimum atomic E-state index is -1.01. The maximum Gasteiger partial charge on any atom is 0.256 e. The van der Waals surface area contributed by atoms with Crippen molar-refractivity contribution >= 4 is 41.1 Å². The van der Waals surface area contributed by atoms with E-state index in [1.165, 1.54) is 16.7 Å². The number of hydrogen-bond acceptors (Lipinski definition) is 6. The highest BCUT2D eigenvalue weighted by atomic mass is 16.2. The fraction of sp³-hybridized carbons (Fsp3) is 0.657. The first kappa shape index (κ1) is 37.5. The molecule has 1 saturated heterocycles. The van der Waals surface area contributed by atoms with Gasteiger partial charge in [-0.1, -0.05) is 60.1 Å². The van der Waals surface area contributed by atoms with Crippen LogP contribution in [0.15, 0.2) is 24.3 Å². The molecule has 0 unspecified atom stereocenters. The van der Waals surface area contributed by atoms with Gasteiger partial charge in [-0.05, 0) is 68.9 Å². The molecule has 0 aromatic heterocycles. The summed E-state index contributed by atoms with van der Waals surface area (Å²) in [6, 6.07) is 2.00. The van der Waals surface area contributed by atoms with Gasteiger partial charge in [0.15, 0.2) is 0 Å². The van der Waals surface area contributed by atoms with Crippen LogP contribution in [0.25, 0.3) is 0 Å². The largest absolute Gasteiger partial charge is 0.343 e. The van der Waals surface area contributed by atoms with Crippen LogP contribution >= 0.6 is 0 Å². The molecule has 47 heavy (non-hydrogen) atoms. The highest BCUT2D eigenvalue weighted by Gasteiger charge is 2.40. The Morgan fingerprint density at radius 1 is 0.809 bits per heavy atom. The van der Waals surface area contributed by atoms with Gasteiger partial charge in [-0.25, -0.2) is 0 Å². The predicted molar refractivity (Wildman–Crippen MR) is 180 cm³/mol. The second-order valence-corrected chi connectivity index (χ2v) is 13.9. The number of carbonyl (C=O) groups is 6. The molecule has 12 nitrogen and oxygen atoms in total. The van der Waals surface area contributed by atoms with E-state index in [0.29, 0.717) is 38.6 Å². The van der Waals surface area contributed by atoms with E-state index in [4.69, 9.17) is 0 Å². The second kappa shape index (κ2) is 16.7. The Labute approximate surface area is 279 Å². The second-order valence-electron chi connectivity index (χ2n) is 13.9. The lowest BCUT2D eigenvalue weighted by atomic mass is 9.96. The van der Waals surface area contributed by atoms with E-state index in [9.17, 15) is 28.8 Å². The maximum absolute atomic E-state index is 14.1. The van der Waals surface area contributed by atoms with Crippen LogP contribution in [0.2, 0.25) is 0 Å². The van der Waals surface area contributed by atoms with Crippen LogP contribution < -0.4 is 21.3 Å². The Morgan fingerprint density at radius 3 is 2.11 bits per heavy atom. The molecule has 6 amide bonds. The molecule has 1 aromatic rings. The van der Waals surface area contributed by atoms with Gasteiger partial charge in [0, 0.05) is 13.6 Å². The van der Waals surface area contributed by atoms with Crippen LogP contribution in [0.3, 0.4) is 0 Å². The van der Waals surface area contributed by atoms with Gasteiger partial charge in [0.2, 0.25) is 29.5 Å². The predicted octanol–water partition coefficient (Wildman–Crippen LogP) is 3.07. The number of amides is 6. The Hall–Kier alpha value is -3.96. The van der Waals surface area contributed by atoms with Crippen molar-refractivity contribution in [1.82, 2.24) is 25.8 Å². The van der Waals surface area contributed by atoms with Crippen LogP contribution in [0.5, 0.6) is 0 Å². The lowest BCUT2D eigenvalue weighted by Gasteiger charge is -2.39. The molecule has 2 heterocycles. The molecule has 1 aromatic carbocycles. The zero-order valence-electron chi connectivity index (χ0n) is 29.2. The van der Waals surface area contributed by atoms with Crippen molar-refractivity contribution in [1.29, 1.82) is 0 Å². The van der Waals surface area contributed by atoms with E-state index in [0.717, 1.165) is 6.42 Å². The average Bonchev–Trinajstić information content (AvgIpc) is 3.03. The molecule has 0 saturated carbocycles. The molecule has 0 aliphatic carbocycles. The van der Waals surface area contributed by atoms with E-state index >= 15 is 0 Å². The molecular weight excluding hydrogens is 600 g/mol. The summed E-state index contributed by atoms with van der Waals surface area (Å²) in [5, 5.41) is 11.3. The van der Waals surface area contributed by atoms with E-state index in [2.05, 4.69) is 21.3 Å². The molecule has 2 aliphatic heterocycles. The topological polar surface area (TPSA) is 157 Å². The highest BCUT2D eigenvalue weighted by Crippen LogP contribution is 2.26. The van der Waals surface area contributed by atoms with E-state index < -0.39 is 59.7 Å². The van der Waals surface area contributed by atoms with Gasteiger partial charge in [0.1, 0.15) is 30.2 Å². The third kappa shape index (κ3) is 9.54. The molecule has 2 aliphatic rings. The first-order valence-corrected chi connectivity index (χ1v) is 17.0. The van der Waals surface area contributed by atoms with Gasteiger partial charge >= 0.3 is 0 Å². The van der Waals surface area contributed by atoms with Crippen molar-refractivity contribution < 1.29 is 28.8 Å². The van der Waals surface area contributed by atoms with Gasteiger partial charge in [0.25, 0.3) is 5.91 Å². The minimum Gasteiger partial charge on any atom is -0.343 e. The van der Waals surface area contributed by atoms with Crippen molar-refractivity contribution in [3.8, 4) is 0 Å². The number of anilines is 1. The maximum atomic E-state index is 14.1. The fourth-order valence-electron chi connectivity index (χ4n) is 6.18. The average molecular weight is 655 g/mol. The molecule has 3 rings (SSSR count). The summed E-state index contributed by atoms with van der Waals surface area (Å²) in [4.78, 5) is 85.8. The SMILES string of the molecule is CC[C@@H](C)[C@H]1NC(=O)[C@H](CC(C)C)NC(=O)[C@@H](C)NC(=O)[C@H](CC(C)C)N(C)C(=O)[C@@H]2CCCCN2C(=O)c2ccccc2NC1=O. The standard InChI is InChI=1S/C35H54N6O6/c1-9-22(6)29-33(45)37-25-15-11-10-14-24(25)34(46)41-17-13-12-16-27(41)35(47)40(8)28(19-21(4)5)32(44)36-23(7)30(42)38-26(18-20(2)3)31(43)39-29/h10-11,14-15,20-23,26-29H,9,12-13,16-19H2,1-8H3,(H,36,44)(H,37,45)(H,38,42)(H,39,43)/t22-,23-,26+,27+,28+,29-/m1/s1. The summed E-state index contributed by atoms with van der Waals surface area (Å²) in [5.74, 6) is -3.04. The molecular formula is C35H54N6O6. The van der Waals surface area contributed by atoms with Crippen molar-refractivity contribution in [2.75, 3.05) is 18.9 Å². The highest BCUT2D eigenvalue weighted by molar-refractivity contribution is 6.07. The molecule has 0 bridgehead atoms. The molecule has 4 N–H and O–H groups in total. The normalized spacial score (nSPS) is 26.3. The number of carbonyl (C=O) groups excluding carboxylic acids is 6. The van der Waals surface area contributed by atoms with Crippen LogP contribution in [0.4, 0.5) is 5.69 Å². The number of fused-ring (bicyclic) bond motifs is 2. The third-order valence-corrected chi connectivity index (χ3v) is 9.16. The number of benzene rings is 1. The van der Waals surface area contributed by atoms with Gasteiger partial charge < -0.3 is 31.1 Å². The number of piperidine rings is 1. The molecule has 0 spiro atoms. The Kier molecular flexibility index (Phi) is 13.4. The van der Waals surface area contributed by atoms with Gasteiger partial charge in [-0.3, -0.25) is 28.8 Å². The Bertz CT molecular complexity index is 1310. The van der Waals surface area contributed by atoms with Crippen LogP contribution in [-0.4, -0.2) is 89.0 Å². The fourth-order valence-corrected chi connectivity index (χ4v) is 6.18. The molecule has 1 fully saturated rings. The first-order valence-electron chi connectivity index (χ1n) is 17.0. The lowest BCUT2D eigenvalue weighted by Crippen LogP contribution is -2.59. The quantitative estimate of drug-likeness (QED) is 0.369. The zero-order chi connectivity index (χ0) is 35.0. The summed E-state index contributed by atoms with van der Waals surface area (Å²) in [6.45, 7) is 13.4. The van der Waals surface area contributed by atoms with Crippen LogP contribution in [-0.2, 0) is 24.0 Å². The Morgan fingerprint density at radius 2 is 1.47 bits per heavy atom. The summed E-state index contributed by atoms with van der Waals surface area (Å²) >= 11 is 0. The van der Waals surface area contributed by atoms with Crippen molar-refractivity contribution in [2.45, 2.75) is 117 Å². The molecule has 6 atom stereocenters. The molecule has 260 valence electrons. The van der Waals surface area contributed by atoms with Crippen LogP contribution in [0, 0.1) is 17.8 Å². The van der Waals surface area contributed by atoms with Gasteiger partial charge in [-0.2, -0.15) is 0 Å². The summed E-state index contributed by atoms with van der Waals surface area (Å²) < 4.78 is 0. The lowest BCUT2D eigenvalue weighted by molar-refractivity contribution is -0.144. The number of nitrogens with one attached hydrogen (secondary N) is 4. The van der Waals surface area contributed by atoms with Gasteiger partial charge in [0.05, 0.1) is 11.3 Å². The third-order valence-electron chi connectivity index (χ3n) is 9.16. The van der Waals surface area contributed by atoms with Crippen molar-refractivity contribution in [3.05, 3.63) is 29.8 Å². The smallest absolute Gasteiger partial charge is 0.256 e.